The molecule has 6 nitrogen and oxygen atoms in total. The van der Waals surface area contributed by atoms with Gasteiger partial charge in [0, 0.05) is 42.0 Å². The van der Waals surface area contributed by atoms with Crippen LogP contribution < -0.4 is 4.90 Å². The summed E-state index contributed by atoms with van der Waals surface area (Å²) < 4.78 is 6.40. The highest BCUT2D eigenvalue weighted by Crippen LogP contribution is 2.29. The molecule has 0 N–H and O–H groups in total. The van der Waals surface area contributed by atoms with Crippen LogP contribution in [0.1, 0.15) is 24.1 Å². The number of fused-ring (bicyclic) bond motifs is 1. The average Bonchev–Trinajstić information content (AvgIpc) is 2.72. The number of hydrogen-bond donors (Lipinski definition) is 0. The molecule has 27 heavy (non-hydrogen) atoms. The molecule has 144 valence electrons. The average molecular weight is 433 g/mol. The van der Waals surface area contributed by atoms with E-state index in [1.165, 1.54) is 5.56 Å². The minimum absolute atomic E-state index is 0.123. The maximum absolute atomic E-state index is 12.7. The normalized spacial score (nSPS) is 18.9. The quantitative estimate of drug-likeness (QED) is 0.729. The highest BCUT2D eigenvalue weighted by Gasteiger charge is 2.29. The number of aryl methyl sites for hydroxylation is 2. The lowest BCUT2D eigenvalue weighted by atomic mass is 9.95. The van der Waals surface area contributed by atoms with Gasteiger partial charge in [-0.25, -0.2) is 9.97 Å². The van der Waals surface area contributed by atoms with E-state index >= 15 is 0 Å². The molecule has 0 atom stereocenters. The van der Waals surface area contributed by atoms with Crippen LogP contribution in [-0.4, -0.2) is 60.2 Å². The van der Waals surface area contributed by atoms with E-state index in [9.17, 15) is 4.79 Å². The first-order valence-corrected chi connectivity index (χ1v) is 10.4. The van der Waals surface area contributed by atoms with Gasteiger partial charge in [0.1, 0.15) is 5.82 Å². The van der Waals surface area contributed by atoms with E-state index in [0.29, 0.717) is 19.1 Å². The second-order valence-corrected chi connectivity index (χ2v) is 8.17. The maximum atomic E-state index is 12.7. The third-order valence-electron chi connectivity index (χ3n) is 5.68. The Labute approximate surface area is 168 Å². The topological polar surface area (TPSA) is 58.6 Å². The third-order valence-corrected chi connectivity index (χ3v) is 6.84. The van der Waals surface area contributed by atoms with Crippen LogP contribution in [0.2, 0.25) is 0 Å². The summed E-state index contributed by atoms with van der Waals surface area (Å²) >= 11 is 3.60. The summed E-state index contributed by atoms with van der Waals surface area (Å²) in [4.78, 5) is 26.4. The number of aromatic nitrogens is 2. The Hall–Kier alpha value is -1.73. The zero-order valence-electron chi connectivity index (χ0n) is 15.9. The van der Waals surface area contributed by atoms with Crippen molar-refractivity contribution in [2.24, 2.45) is 5.92 Å². The predicted octanol–water partition coefficient (Wildman–Crippen LogP) is 3.08. The van der Waals surface area contributed by atoms with Crippen molar-refractivity contribution in [2.45, 2.75) is 26.7 Å². The molecule has 2 aromatic heterocycles. The Morgan fingerprint density at radius 2 is 1.81 bits per heavy atom. The Morgan fingerprint density at radius 3 is 2.52 bits per heavy atom. The molecule has 1 amide bonds. The molecule has 4 rings (SSSR count). The highest BCUT2D eigenvalue weighted by atomic mass is 79.9. The van der Waals surface area contributed by atoms with Crippen molar-refractivity contribution in [3.05, 3.63) is 27.9 Å². The van der Waals surface area contributed by atoms with Gasteiger partial charge in [0.25, 0.3) is 0 Å². The van der Waals surface area contributed by atoms with Gasteiger partial charge in [0.15, 0.2) is 5.65 Å². The van der Waals surface area contributed by atoms with Crippen molar-refractivity contribution < 1.29 is 9.53 Å². The molecule has 2 aromatic rings. The summed E-state index contributed by atoms with van der Waals surface area (Å²) in [5, 5.41) is 1.08. The van der Waals surface area contributed by atoms with Crippen LogP contribution in [0.25, 0.3) is 11.0 Å². The van der Waals surface area contributed by atoms with Gasteiger partial charge in [-0.1, -0.05) is 0 Å². The van der Waals surface area contributed by atoms with Crippen molar-refractivity contribution >= 4 is 38.7 Å². The summed E-state index contributed by atoms with van der Waals surface area (Å²) in [7, 11) is 0. The van der Waals surface area contributed by atoms with Crippen molar-refractivity contribution in [3.63, 3.8) is 0 Å². The van der Waals surface area contributed by atoms with Gasteiger partial charge < -0.3 is 14.5 Å². The number of anilines is 1. The van der Waals surface area contributed by atoms with Crippen LogP contribution in [0.4, 0.5) is 5.82 Å². The number of amides is 1. The molecule has 2 saturated heterocycles. The summed E-state index contributed by atoms with van der Waals surface area (Å²) in [6.07, 6.45) is 1.75. The smallest absolute Gasteiger partial charge is 0.225 e. The van der Waals surface area contributed by atoms with Gasteiger partial charge in [-0.05, 0) is 60.3 Å². The van der Waals surface area contributed by atoms with Crippen LogP contribution >= 0.6 is 15.9 Å². The Bertz CT molecular complexity index is 859. The fourth-order valence-electron chi connectivity index (χ4n) is 3.99. The number of pyridine rings is 2. The summed E-state index contributed by atoms with van der Waals surface area (Å²) in [6.45, 7) is 8.57. The Balaban J connectivity index is 1.46. The number of carbonyl (C=O) groups is 1. The van der Waals surface area contributed by atoms with Gasteiger partial charge in [-0.2, -0.15) is 0 Å². The first kappa shape index (κ1) is 18.6. The van der Waals surface area contributed by atoms with Gasteiger partial charge in [0.05, 0.1) is 18.9 Å². The molecule has 0 radical (unpaired) electrons. The lowest BCUT2D eigenvalue weighted by Crippen LogP contribution is -2.46. The summed E-state index contributed by atoms with van der Waals surface area (Å²) in [5.41, 5.74) is 2.92. The van der Waals surface area contributed by atoms with E-state index in [-0.39, 0.29) is 5.92 Å². The lowest BCUT2D eigenvalue weighted by molar-refractivity contribution is -0.140. The molecule has 0 saturated carbocycles. The molecule has 7 heteroatoms. The zero-order chi connectivity index (χ0) is 19.0. The maximum Gasteiger partial charge on any atom is 0.225 e. The molecular weight excluding hydrogens is 408 g/mol. The summed E-state index contributed by atoms with van der Waals surface area (Å²) in [6, 6.07) is 4.18. The van der Waals surface area contributed by atoms with Gasteiger partial charge in [-0.3, -0.25) is 4.79 Å². The van der Waals surface area contributed by atoms with Crippen molar-refractivity contribution in [2.75, 3.05) is 44.3 Å². The van der Waals surface area contributed by atoms with E-state index in [1.54, 1.807) is 0 Å². The number of carbonyl (C=O) groups excluding carboxylic acids is 1. The number of nitrogens with zero attached hydrogens (tertiary/aromatic N) is 4. The molecule has 0 spiro atoms. The zero-order valence-corrected chi connectivity index (χ0v) is 17.5. The molecule has 0 unspecified atom stereocenters. The second-order valence-electron chi connectivity index (χ2n) is 7.38. The molecule has 2 aliphatic rings. The first-order chi connectivity index (χ1) is 13.0. The van der Waals surface area contributed by atoms with Gasteiger partial charge >= 0.3 is 0 Å². The molecule has 0 aromatic carbocycles. The van der Waals surface area contributed by atoms with Crippen molar-refractivity contribution in [3.8, 4) is 0 Å². The van der Waals surface area contributed by atoms with E-state index < -0.39 is 0 Å². The van der Waals surface area contributed by atoms with Crippen LogP contribution in [-0.2, 0) is 9.53 Å². The molecule has 2 fully saturated rings. The fraction of sp³-hybridized carbons (Fsp3) is 0.550. The van der Waals surface area contributed by atoms with Crippen molar-refractivity contribution in [1.82, 2.24) is 14.9 Å². The Morgan fingerprint density at radius 1 is 1.11 bits per heavy atom. The minimum Gasteiger partial charge on any atom is -0.378 e. The van der Waals surface area contributed by atoms with Crippen LogP contribution in [0.3, 0.4) is 0 Å². The number of hydrogen-bond acceptors (Lipinski definition) is 5. The minimum atomic E-state index is 0.123. The van der Waals surface area contributed by atoms with Gasteiger partial charge in [-0.15, -0.1) is 0 Å². The van der Waals surface area contributed by atoms with Crippen LogP contribution in [0, 0.1) is 19.8 Å². The SMILES string of the molecule is Cc1nc2nc(N3CCC(C(=O)N4CCOCC4)CC3)ccc2c(C)c1Br. The molecular formula is C20H25BrN4O2. The van der Waals surface area contributed by atoms with E-state index in [1.807, 2.05) is 11.8 Å². The number of piperidine rings is 1. The number of rotatable bonds is 2. The van der Waals surface area contributed by atoms with E-state index in [2.05, 4.69) is 44.9 Å². The fourth-order valence-corrected chi connectivity index (χ4v) is 4.29. The summed E-state index contributed by atoms with van der Waals surface area (Å²) in [5.74, 6) is 1.37. The number of halogens is 1. The van der Waals surface area contributed by atoms with Crippen molar-refractivity contribution in [1.29, 1.82) is 0 Å². The largest absolute Gasteiger partial charge is 0.378 e. The van der Waals surface area contributed by atoms with E-state index in [0.717, 1.165) is 66.0 Å². The monoisotopic (exact) mass is 432 g/mol. The third kappa shape index (κ3) is 3.67. The first-order valence-electron chi connectivity index (χ1n) is 9.59. The number of ether oxygens (including phenoxy) is 1. The molecule has 0 aliphatic carbocycles. The van der Waals surface area contributed by atoms with Crippen LogP contribution in [0.15, 0.2) is 16.6 Å². The highest BCUT2D eigenvalue weighted by molar-refractivity contribution is 9.10. The number of morpholine rings is 1. The molecule has 0 bridgehead atoms. The second kappa shape index (κ2) is 7.72. The molecule has 2 aliphatic heterocycles. The predicted molar refractivity (Wildman–Crippen MR) is 109 cm³/mol. The van der Waals surface area contributed by atoms with Crippen LogP contribution in [0.5, 0.6) is 0 Å². The van der Waals surface area contributed by atoms with E-state index in [4.69, 9.17) is 9.72 Å². The Kier molecular flexibility index (Phi) is 5.32. The standard InChI is InChI=1S/C20H25BrN4O2/c1-13-16-3-4-17(23-19(16)22-14(2)18(13)21)24-7-5-15(6-8-24)20(26)25-9-11-27-12-10-25/h3-4,15H,5-12H2,1-2H3. The van der Waals surface area contributed by atoms with Gasteiger partial charge in [0.2, 0.25) is 5.91 Å². The molecule has 4 heterocycles. The lowest BCUT2D eigenvalue weighted by Gasteiger charge is -2.36.